The topological polar surface area (TPSA) is 29.1 Å². The third kappa shape index (κ3) is 10.6. The summed E-state index contributed by atoms with van der Waals surface area (Å²) in [5, 5.41) is 2.71. The molecule has 0 saturated carbocycles. The molecule has 2 nitrogen and oxygen atoms in total. The minimum atomic E-state index is 0.184. The summed E-state index contributed by atoms with van der Waals surface area (Å²) in [5.41, 5.74) is 0. The summed E-state index contributed by atoms with van der Waals surface area (Å²) < 4.78 is 0. The zero-order valence-corrected chi connectivity index (χ0v) is 12.8. The molecule has 0 rings (SSSR count). The first-order chi connectivity index (χ1) is 8.72. The lowest BCUT2D eigenvalue weighted by Gasteiger charge is -2.09. The van der Waals surface area contributed by atoms with Crippen molar-refractivity contribution in [3.05, 3.63) is 0 Å². The zero-order chi connectivity index (χ0) is 13.6. The van der Waals surface area contributed by atoms with Crippen LogP contribution >= 0.6 is 0 Å². The van der Waals surface area contributed by atoms with E-state index in [-0.39, 0.29) is 11.8 Å². The average Bonchev–Trinajstić information content (AvgIpc) is 2.39. The summed E-state index contributed by atoms with van der Waals surface area (Å²) in [6.07, 6.45) is 14.6. The van der Waals surface area contributed by atoms with Gasteiger partial charge >= 0.3 is 0 Å². The highest BCUT2D eigenvalue weighted by atomic mass is 16.1. The van der Waals surface area contributed by atoms with Crippen LogP contribution in [0.3, 0.4) is 0 Å². The number of rotatable bonds is 12. The third-order valence-corrected chi connectivity index (χ3v) is 3.68. The minimum absolute atomic E-state index is 0.184. The predicted molar refractivity (Wildman–Crippen MR) is 79.7 cm³/mol. The Balaban J connectivity index is 3.14. The molecule has 0 aromatic carbocycles. The molecule has 1 amide bonds. The van der Waals surface area contributed by atoms with Gasteiger partial charge in [0, 0.05) is 13.0 Å². The zero-order valence-electron chi connectivity index (χ0n) is 12.8. The Morgan fingerprint density at radius 2 is 1.33 bits per heavy atom. The van der Waals surface area contributed by atoms with E-state index in [1.54, 1.807) is 7.05 Å². The van der Waals surface area contributed by atoms with Crippen molar-refractivity contribution in [1.29, 1.82) is 0 Å². The van der Waals surface area contributed by atoms with Crippen LogP contribution in [0, 0.1) is 5.92 Å². The number of nitrogens with one attached hydrogen (secondary N) is 1. The Morgan fingerprint density at radius 1 is 0.889 bits per heavy atom. The Hall–Kier alpha value is -0.530. The van der Waals surface area contributed by atoms with E-state index in [9.17, 15) is 4.79 Å². The molecule has 1 atom stereocenters. The fraction of sp³-hybridized carbons (Fsp3) is 0.938. The van der Waals surface area contributed by atoms with E-state index in [1.165, 1.54) is 64.2 Å². The van der Waals surface area contributed by atoms with E-state index in [0.717, 1.165) is 6.42 Å². The lowest BCUT2D eigenvalue weighted by Crippen LogP contribution is -2.25. The Kier molecular flexibility index (Phi) is 12.5. The molecule has 0 bridgehead atoms. The van der Waals surface area contributed by atoms with Gasteiger partial charge in [0.05, 0.1) is 0 Å². The lowest BCUT2D eigenvalue weighted by atomic mass is 10.0. The molecule has 0 spiro atoms. The van der Waals surface area contributed by atoms with E-state index in [4.69, 9.17) is 0 Å². The number of hydrogen-bond acceptors (Lipinski definition) is 1. The maximum atomic E-state index is 11.3. The number of amides is 1. The molecular formula is C16H33NO. The summed E-state index contributed by atoms with van der Waals surface area (Å²) in [6, 6.07) is 0. The van der Waals surface area contributed by atoms with Gasteiger partial charge in [-0.2, -0.15) is 0 Å². The summed E-state index contributed by atoms with van der Waals surface area (Å²) >= 11 is 0. The monoisotopic (exact) mass is 255 g/mol. The van der Waals surface area contributed by atoms with Gasteiger partial charge in [0.15, 0.2) is 0 Å². The quantitative estimate of drug-likeness (QED) is 0.504. The smallest absolute Gasteiger partial charge is 0.222 e. The van der Waals surface area contributed by atoms with E-state index < -0.39 is 0 Å². The second-order valence-corrected chi connectivity index (χ2v) is 5.49. The van der Waals surface area contributed by atoms with Crippen LogP contribution in [0.25, 0.3) is 0 Å². The van der Waals surface area contributed by atoms with Crippen LogP contribution in [0.15, 0.2) is 0 Å². The molecule has 0 aliphatic carbocycles. The number of hydrogen-bond donors (Lipinski definition) is 1. The lowest BCUT2D eigenvalue weighted by molar-refractivity contribution is -0.124. The van der Waals surface area contributed by atoms with Crippen molar-refractivity contribution >= 4 is 5.91 Å². The summed E-state index contributed by atoms with van der Waals surface area (Å²) in [7, 11) is 1.72. The van der Waals surface area contributed by atoms with Gasteiger partial charge in [0.25, 0.3) is 0 Å². The standard InChI is InChI=1S/C16H33NO/c1-4-5-6-7-8-9-10-11-12-13-14-15(2)16(18)17-3/h15H,4-14H2,1-3H3,(H,17,18). The van der Waals surface area contributed by atoms with Gasteiger partial charge in [0.2, 0.25) is 5.91 Å². The third-order valence-electron chi connectivity index (χ3n) is 3.68. The molecular weight excluding hydrogens is 222 g/mol. The summed E-state index contributed by atoms with van der Waals surface area (Å²) in [4.78, 5) is 11.3. The molecule has 0 aromatic rings. The van der Waals surface area contributed by atoms with E-state index in [0.29, 0.717) is 0 Å². The van der Waals surface area contributed by atoms with Gasteiger partial charge in [-0.05, 0) is 6.42 Å². The Morgan fingerprint density at radius 3 is 1.78 bits per heavy atom. The van der Waals surface area contributed by atoms with Crippen molar-refractivity contribution in [1.82, 2.24) is 5.32 Å². The van der Waals surface area contributed by atoms with Crippen molar-refractivity contribution in [3.8, 4) is 0 Å². The maximum Gasteiger partial charge on any atom is 0.222 e. The molecule has 2 heteroatoms. The van der Waals surface area contributed by atoms with Crippen LogP contribution in [-0.2, 0) is 4.79 Å². The fourth-order valence-corrected chi connectivity index (χ4v) is 2.32. The Labute approximate surface area is 114 Å². The molecule has 18 heavy (non-hydrogen) atoms. The van der Waals surface area contributed by atoms with Crippen molar-refractivity contribution in [3.63, 3.8) is 0 Å². The van der Waals surface area contributed by atoms with Crippen LogP contribution in [-0.4, -0.2) is 13.0 Å². The first kappa shape index (κ1) is 17.5. The highest BCUT2D eigenvalue weighted by Crippen LogP contribution is 2.13. The van der Waals surface area contributed by atoms with Crippen LogP contribution in [0.1, 0.15) is 84.5 Å². The highest BCUT2D eigenvalue weighted by Gasteiger charge is 2.09. The summed E-state index contributed by atoms with van der Waals surface area (Å²) in [5.74, 6) is 0.370. The predicted octanol–water partition coefficient (Wildman–Crippen LogP) is 4.68. The number of carbonyl (C=O) groups is 1. The molecule has 0 fully saturated rings. The van der Waals surface area contributed by atoms with Gasteiger partial charge in [0.1, 0.15) is 0 Å². The van der Waals surface area contributed by atoms with Crippen LogP contribution in [0.2, 0.25) is 0 Å². The van der Waals surface area contributed by atoms with Crippen LogP contribution in [0.5, 0.6) is 0 Å². The highest BCUT2D eigenvalue weighted by molar-refractivity contribution is 5.77. The maximum absolute atomic E-state index is 11.3. The van der Waals surface area contributed by atoms with Crippen LogP contribution in [0.4, 0.5) is 0 Å². The summed E-state index contributed by atoms with van der Waals surface area (Å²) in [6.45, 7) is 4.28. The Bertz CT molecular complexity index is 192. The average molecular weight is 255 g/mol. The molecule has 0 aliphatic rings. The molecule has 0 radical (unpaired) electrons. The number of unbranched alkanes of at least 4 members (excludes halogenated alkanes) is 9. The van der Waals surface area contributed by atoms with Gasteiger partial charge < -0.3 is 5.32 Å². The van der Waals surface area contributed by atoms with Crippen molar-refractivity contribution in [2.45, 2.75) is 84.5 Å². The molecule has 0 aliphatic heterocycles. The van der Waals surface area contributed by atoms with Gasteiger partial charge in [-0.1, -0.05) is 78.1 Å². The molecule has 108 valence electrons. The first-order valence-electron chi connectivity index (χ1n) is 7.94. The van der Waals surface area contributed by atoms with E-state index in [1.807, 2.05) is 6.92 Å². The molecule has 1 N–H and O–H groups in total. The second kappa shape index (κ2) is 12.9. The van der Waals surface area contributed by atoms with Gasteiger partial charge in [-0.3, -0.25) is 4.79 Å². The van der Waals surface area contributed by atoms with E-state index >= 15 is 0 Å². The van der Waals surface area contributed by atoms with Crippen LogP contribution < -0.4 is 5.32 Å². The van der Waals surface area contributed by atoms with Crippen molar-refractivity contribution in [2.75, 3.05) is 7.05 Å². The van der Waals surface area contributed by atoms with Gasteiger partial charge in [-0.15, -0.1) is 0 Å². The van der Waals surface area contributed by atoms with E-state index in [2.05, 4.69) is 12.2 Å². The van der Waals surface area contributed by atoms with Gasteiger partial charge in [-0.25, -0.2) is 0 Å². The molecule has 0 aromatic heterocycles. The van der Waals surface area contributed by atoms with Crippen molar-refractivity contribution < 1.29 is 4.79 Å². The SMILES string of the molecule is CCCCCCCCCCCCC(C)C(=O)NC. The first-order valence-corrected chi connectivity index (χ1v) is 7.94. The minimum Gasteiger partial charge on any atom is -0.359 e. The van der Waals surface area contributed by atoms with Crippen molar-refractivity contribution in [2.24, 2.45) is 5.92 Å². The normalized spacial score (nSPS) is 12.4. The molecule has 1 unspecified atom stereocenters. The fourth-order valence-electron chi connectivity index (χ4n) is 2.32. The second-order valence-electron chi connectivity index (χ2n) is 5.49. The molecule has 0 saturated heterocycles. The number of carbonyl (C=O) groups excluding carboxylic acids is 1. The molecule has 0 heterocycles. The largest absolute Gasteiger partial charge is 0.359 e.